The fourth-order valence-corrected chi connectivity index (χ4v) is 1.26. The second-order valence-electron chi connectivity index (χ2n) is 2.81. The molecule has 1 rings (SSSR count). The van der Waals surface area contributed by atoms with Gasteiger partial charge in [-0.25, -0.2) is 14.8 Å². The number of aromatic nitrogens is 2. The van der Waals surface area contributed by atoms with Gasteiger partial charge in [-0.1, -0.05) is 15.9 Å². The summed E-state index contributed by atoms with van der Waals surface area (Å²) >= 11 is 3.01. The summed E-state index contributed by atoms with van der Waals surface area (Å²) in [6.07, 6.45) is 0.233. The highest BCUT2D eigenvalue weighted by Crippen LogP contribution is 2.16. The van der Waals surface area contributed by atoms with Crippen LogP contribution in [0.3, 0.4) is 0 Å². The molecular weight excluding hydrogens is 268 g/mol. The molecule has 0 aliphatic heterocycles. The Bertz CT molecular complexity index is 343. The zero-order chi connectivity index (χ0) is 11.4. The van der Waals surface area contributed by atoms with E-state index < -0.39 is 18.2 Å². The number of carboxylic acids is 1. The quantitative estimate of drug-likeness (QED) is 0.667. The molecule has 6 nitrogen and oxygen atoms in total. The summed E-state index contributed by atoms with van der Waals surface area (Å²) in [5.41, 5.74) is 0.270. The molecule has 7 heteroatoms. The monoisotopic (exact) mass is 276 g/mol. The average Bonchev–Trinajstić information content (AvgIpc) is 2.27. The first-order valence-corrected chi connectivity index (χ1v) is 5.15. The fraction of sp³-hybridized carbons (Fsp3) is 0.375. The second-order valence-corrected chi connectivity index (χ2v) is 3.46. The van der Waals surface area contributed by atoms with Crippen molar-refractivity contribution in [1.82, 2.24) is 9.97 Å². The van der Waals surface area contributed by atoms with Gasteiger partial charge in [-0.05, 0) is 0 Å². The molecular formula is C8H9BrN2O4. The van der Waals surface area contributed by atoms with Crippen molar-refractivity contribution in [1.29, 1.82) is 0 Å². The predicted molar refractivity (Wildman–Crippen MR) is 53.8 cm³/mol. The maximum Gasteiger partial charge on any atom is 0.373 e. The lowest BCUT2D eigenvalue weighted by Gasteiger charge is -2.14. The van der Waals surface area contributed by atoms with Crippen molar-refractivity contribution in [2.75, 3.05) is 5.33 Å². The molecule has 15 heavy (non-hydrogen) atoms. The van der Waals surface area contributed by atoms with Crippen LogP contribution in [0.2, 0.25) is 0 Å². The molecule has 2 unspecified atom stereocenters. The largest absolute Gasteiger partial charge is 0.475 e. The van der Waals surface area contributed by atoms with Crippen LogP contribution in [0.1, 0.15) is 22.3 Å². The summed E-state index contributed by atoms with van der Waals surface area (Å²) in [4.78, 5) is 17.5. The number of hydrogen-bond donors (Lipinski definition) is 3. The van der Waals surface area contributed by atoms with Gasteiger partial charge >= 0.3 is 5.97 Å². The number of aliphatic hydroxyl groups excluding tert-OH is 2. The Morgan fingerprint density at radius 1 is 1.40 bits per heavy atom. The third kappa shape index (κ3) is 2.95. The number of nitrogens with zero attached hydrogens (tertiary/aromatic N) is 2. The predicted octanol–water partition coefficient (Wildman–Crippen LogP) is -0.0360. The van der Waals surface area contributed by atoms with Gasteiger partial charge in [0.15, 0.2) is 0 Å². The Morgan fingerprint density at radius 2 is 1.93 bits per heavy atom. The number of carbonyl (C=O) groups is 1. The smallest absolute Gasteiger partial charge is 0.373 e. The van der Waals surface area contributed by atoms with Crippen LogP contribution in [0.5, 0.6) is 0 Å². The number of hydrogen-bond acceptors (Lipinski definition) is 5. The topological polar surface area (TPSA) is 104 Å². The van der Waals surface area contributed by atoms with Crippen molar-refractivity contribution in [2.24, 2.45) is 0 Å². The number of rotatable bonds is 4. The fourth-order valence-electron chi connectivity index (χ4n) is 0.908. The van der Waals surface area contributed by atoms with Crippen LogP contribution < -0.4 is 0 Å². The van der Waals surface area contributed by atoms with E-state index in [0.29, 0.717) is 0 Å². The number of alkyl halides is 1. The van der Waals surface area contributed by atoms with Crippen molar-refractivity contribution in [3.63, 3.8) is 0 Å². The van der Waals surface area contributed by atoms with E-state index in [-0.39, 0.29) is 16.7 Å². The molecule has 1 aromatic rings. The van der Waals surface area contributed by atoms with Gasteiger partial charge in [0.2, 0.25) is 5.82 Å². The molecule has 0 aliphatic rings. The normalized spacial score (nSPS) is 14.6. The van der Waals surface area contributed by atoms with Crippen LogP contribution in [0, 0.1) is 0 Å². The van der Waals surface area contributed by atoms with Crippen molar-refractivity contribution >= 4 is 21.9 Å². The highest BCUT2D eigenvalue weighted by Gasteiger charge is 2.18. The Labute approximate surface area is 93.7 Å². The first-order valence-electron chi connectivity index (χ1n) is 4.03. The van der Waals surface area contributed by atoms with Crippen LogP contribution in [-0.4, -0.2) is 42.7 Å². The Balaban J connectivity index is 2.84. The minimum Gasteiger partial charge on any atom is -0.475 e. The third-order valence-electron chi connectivity index (χ3n) is 1.73. The number of halogens is 1. The summed E-state index contributed by atoms with van der Waals surface area (Å²) in [5.74, 6) is -1.59. The molecule has 1 heterocycles. The summed E-state index contributed by atoms with van der Waals surface area (Å²) in [6, 6.07) is 0. The van der Waals surface area contributed by atoms with Crippen LogP contribution in [0.4, 0.5) is 0 Å². The molecule has 0 aromatic carbocycles. The highest BCUT2D eigenvalue weighted by atomic mass is 79.9. The average molecular weight is 277 g/mol. The maximum absolute atomic E-state index is 10.4. The van der Waals surface area contributed by atoms with Gasteiger partial charge in [-0.3, -0.25) is 0 Å². The number of aliphatic hydroxyl groups is 2. The van der Waals surface area contributed by atoms with Gasteiger partial charge in [0.1, 0.15) is 6.10 Å². The van der Waals surface area contributed by atoms with Crippen LogP contribution in [0.15, 0.2) is 12.4 Å². The summed E-state index contributed by atoms with van der Waals surface area (Å²) in [6.45, 7) is 0. The van der Waals surface area contributed by atoms with E-state index in [1.807, 2.05) is 0 Å². The Hall–Kier alpha value is -1.05. The summed E-state index contributed by atoms with van der Waals surface area (Å²) in [7, 11) is 0. The zero-order valence-electron chi connectivity index (χ0n) is 7.54. The molecule has 0 aliphatic carbocycles. The second kappa shape index (κ2) is 5.15. The Morgan fingerprint density at radius 3 is 2.33 bits per heavy atom. The van der Waals surface area contributed by atoms with E-state index in [4.69, 9.17) is 5.11 Å². The van der Waals surface area contributed by atoms with E-state index in [9.17, 15) is 15.0 Å². The first kappa shape index (κ1) is 12.0. The van der Waals surface area contributed by atoms with E-state index >= 15 is 0 Å². The van der Waals surface area contributed by atoms with Crippen LogP contribution >= 0.6 is 15.9 Å². The zero-order valence-corrected chi connectivity index (χ0v) is 9.12. The SMILES string of the molecule is O=C(O)c1ncc(C(O)C(O)CBr)cn1. The van der Waals surface area contributed by atoms with E-state index in [1.165, 1.54) is 12.4 Å². The van der Waals surface area contributed by atoms with Crippen LogP contribution in [0.25, 0.3) is 0 Å². The van der Waals surface area contributed by atoms with Gasteiger partial charge in [-0.15, -0.1) is 0 Å². The molecule has 1 aromatic heterocycles. The number of carboxylic acid groups (broad SMARTS) is 1. The van der Waals surface area contributed by atoms with E-state index in [2.05, 4.69) is 25.9 Å². The van der Waals surface area contributed by atoms with Crippen LogP contribution in [-0.2, 0) is 0 Å². The molecule has 0 fully saturated rings. The number of aromatic carboxylic acids is 1. The van der Waals surface area contributed by atoms with Crippen molar-refractivity contribution < 1.29 is 20.1 Å². The van der Waals surface area contributed by atoms with Gasteiger partial charge in [-0.2, -0.15) is 0 Å². The van der Waals surface area contributed by atoms with E-state index in [1.54, 1.807) is 0 Å². The molecule has 0 saturated heterocycles. The molecule has 0 saturated carbocycles. The van der Waals surface area contributed by atoms with Gasteiger partial charge in [0, 0.05) is 23.3 Å². The lowest BCUT2D eigenvalue weighted by molar-refractivity contribution is 0.0337. The highest BCUT2D eigenvalue weighted by molar-refractivity contribution is 9.09. The van der Waals surface area contributed by atoms with Crippen molar-refractivity contribution in [3.8, 4) is 0 Å². The van der Waals surface area contributed by atoms with Crippen molar-refractivity contribution in [3.05, 3.63) is 23.8 Å². The maximum atomic E-state index is 10.4. The van der Waals surface area contributed by atoms with Gasteiger partial charge in [0.05, 0.1) is 6.10 Å². The van der Waals surface area contributed by atoms with Gasteiger partial charge in [0.25, 0.3) is 0 Å². The summed E-state index contributed by atoms with van der Waals surface area (Å²) < 4.78 is 0. The minimum absolute atomic E-state index is 0.203. The standard InChI is InChI=1S/C8H9BrN2O4/c9-1-5(12)6(13)4-2-10-7(8(14)15)11-3-4/h2-3,5-6,12-13H,1H2,(H,14,15). The lowest BCUT2D eigenvalue weighted by atomic mass is 10.1. The molecule has 82 valence electrons. The molecule has 0 amide bonds. The molecule has 0 spiro atoms. The minimum atomic E-state index is -1.24. The van der Waals surface area contributed by atoms with Crippen molar-refractivity contribution in [2.45, 2.75) is 12.2 Å². The Kier molecular flexibility index (Phi) is 4.13. The molecule has 0 radical (unpaired) electrons. The molecule has 0 bridgehead atoms. The molecule has 2 atom stereocenters. The summed E-state index contributed by atoms with van der Waals surface area (Å²) in [5, 5.41) is 27.5. The van der Waals surface area contributed by atoms with Gasteiger partial charge < -0.3 is 15.3 Å². The first-order chi connectivity index (χ1) is 7.06. The lowest BCUT2D eigenvalue weighted by Crippen LogP contribution is -2.20. The third-order valence-corrected chi connectivity index (χ3v) is 2.39. The van der Waals surface area contributed by atoms with E-state index in [0.717, 1.165) is 0 Å². The molecule has 3 N–H and O–H groups in total.